The second kappa shape index (κ2) is 6.65. The lowest BCUT2D eigenvalue weighted by Gasteiger charge is -2.28. The first-order valence-electron chi connectivity index (χ1n) is 6.97. The summed E-state index contributed by atoms with van der Waals surface area (Å²) in [4.78, 5) is 23.3. The molecule has 21 heavy (non-hydrogen) atoms. The molecular weight excluding hydrogens is 280 g/mol. The number of hydrogen-bond acceptors (Lipinski definition) is 2. The van der Waals surface area contributed by atoms with Gasteiger partial charge in [-0.1, -0.05) is 19.3 Å². The number of halogens is 2. The Morgan fingerprint density at radius 1 is 1.10 bits per heavy atom. The minimum atomic E-state index is -1.12. The Balaban J connectivity index is 2.12. The average molecular weight is 297 g/mol. The molecule has 1 fully saturated rings. The van der Waals surface area contributed by atoms with Crippen molar-refractivity contribution in [2.75, 3.05) is 0 Å². The van der Waals surface area contributed by atoms with E-state index in [4.69, 9.17) is 0 Å². The zero-order valence-corrected chi connectivity index (χ0v) is 11.4. The van der Waals surface area contributed by atoms with Gasteiger partial charge in [0.2, 0.25) is 0 Å². The van der Waals surface area contributed by atoms with Crippen molar-refractivity contribution in [1.82, 2.24) is 5.32 Å². The fourth-order valence-electron chi connectivity index (χ4n) is 2.76. The third-order valence-electron chi connectivity index (χ3n) is 3.80. The molecule has 4 nitrogen and oxygen atoms in total. The SMILES string of the molecule is O=C(N[C@@H](C(=O)O)C1CCCCC1)c1cc(F)cc(F)c1. The van der Waals surface area contributed by atoms with Crippen LogP contribution in [0.15, 0.2) is 18.2 Å². The molecule has 114 valence electrons. The predicted octanol–water partition coefficient (Wildman–Crippen LogP) is 2.73. The van der Waals surface area contributed by atoms with Gasteiger partial charge < -0.3 is 10.4 Å². The fourth-order valence-corrected chi connectivity index (χ4v) is 2.76. The van der Waals surface area contributed by atoms with E-state index < -0.39 is 29.6 Å². The molecule has 0 bridgehead atoms. The number of carbonyl (C=O) groups excluding carboxylic acids is 1. The number of aliphatic carboxylic acids is 1. The third kappa shape index (κ3) is 4.00. The molecular formula is C15H17F2NO3. The molecule has 1 aromatic carbocycles. The smallest absolute Gasteiger partial charge is 0.326 e. The van der Waals surface area contributed by atoms with Crippen LogP contribution in [0.1, 0.15) is 42.5 Å². The number of carbonyl (C=O) groups is 2. The van der Waals surface area contributed by atoms with Gasteiger partial charge in [0, 0.05) is 11.6 Å². The molecule has 1 saturated carbocycles. The van der Waals surface area contributed by atoms with Crippen LogP contribution in [0.4, 0.5) is 8.78 Å². The van der Waals surface area contributed by atoms with Gasteiger partial charge in [0.25, 0.3) is 5.91 Å². The normalized spacial score (nSPS) is 17.2. The van der Waals surface area contributed by atoms with Gasteiger partial charge in [-0.25, -0.2) is 13.6 Å². The maximum Gasteiger partial charge on any atom is 0.326 e. The van der Waals surface area contributed by atoms with Crippen LogP contribution < -0.4 is 5.32 Å². The minimum absolute atomic E-state index is 0.140. The summed E-state index contributed by atoms with van der Waals surface area (Å²) in [6.45, 7) is 0. The summed E-state index contributed by atoms with van der Waals surface area (Å²) in [5, 5.41) is 11.7. The highest BCUT2D eigenvalue weighted by molar-refractivity contribution is 5.96. The second-order valence-electron chi connectivity index (χ2n) is 5.35. The van der Waals surface area contributed by atoms with E-state index >= 15 is 0 Å². The number of carboxylic acids is 1. The van der Waals surface area contributed by atoms with Gasteiger partial charge in [-0.2, -0.15) is 0 Å². The average Bonchev–Trinajstić information content (AvgIpc) is 2.44. The zero-order chi connectivity index (χ0) is 15.4. The Morgan fingerprint density at radius 3 is 2.19 bits per heavy atom. The molecule has 1 aromatic rings. The first kappa shape index (κ1) is 15.4. The quantitative estimate of drug-likeness (QED) is 0.898. The molecule has 0 aromatic heterocycles. The van der Waals surface area contributed by atoms with Gasteiger partial charge >= 0.3 is 5.97 Å². The second-order valence-corrected chi connectivity index (χ2v) is 5.35. The number of benzene rings is 1. The molecule has 1 aliphatic rings. The van der Waals surface area contributed by atoms with E-state index in [2.05, 4.69) is 5.32 Å². The summed E-state index contributed by atoms with van der Waals surface area (Å²) in [5.41, 5.74) is -0.213. The van der Waals surface area contributed by atoms with Crippen LogP contribution in [0, 0.1) is 17.6 Å². The van der Waals surface area contributed by atoms with Crippen molar-refractivity contribution in [3.63, 3.8) is 0 Å². The van der Waals surface area contributed by atoms with E-state index in [1.54, 1.807) is 0 Å². The standard InChI is InChI=1S/C15H17F2NO3/c16-11-6-10(7-12(17)8-11)14(19)18-13(15(20)21)9-4-2-1-3-5-9/h6-9,13H,1-5H2,(H,18,19)(H,20,21)/t13-/m1/s1. The summed E-state index contributed by atoms with van der Waals surface area (Å²) in [6, 6.07) is 1.41. The zero-order valence-electron chi connectivity index (χ0n) is 11.4. The maximum absolute atomic E-state index is 13.1. The summed E-state index contributed by atoms with van der Waals surface area (Å²) in [6.07, 6.45) is 4.38. The van der Waals surface area contributed by atoms with Crippen LogP contribution in [0.3, 0.4) is 0 Å². The molecule has 0 spiro atoms. The van der Waals surface area contributed by atoms with Crippen molar-refractivity contribution >= 4 is 11.9 Å². The van der Waals surface area contributed by atoms with Crippen molar-refractivity contribution in [2.45, 2.75) is 38.1 Å². The Labute approximate surface area is 121 Å². The number of carboxylic acid groups (broad SMARTS) is 1. The molecule has 2 rings (SSSR count). The van der Waals surface area contributed by atoms with Gasteiger partial charge in [-0.15, -0.1) is 0 Å². The van der Waals surface area contributed by atoms with Crippen LogP contribution in [0.2, 0.25) is 0 Å². The number of hydrogen-bond donors (Lipinski definition) is 2. The van der Waals surface area contributed by atoms with Crippen molar-refractivity contribution in [3.8, 4) is 0 Å². The Kier molecular flexibility index (Phi) is 4.88. The molecule has 1 atom stereocenters. The lowest BCUT2D eigenvalue weighted by molar-refractivity contribution is -0.141. The predicted molar refractivity (Wildman–Crippen MR) is 71.8 cm³/mol. The van der Waals surface area contributed by atoms with Crippen LogP contribution >= 0.6 is 0 Å². The van der Waals surface area contributed by atoms with E-state index in [1.165, 1.54) is 0 Å². The minimum Gasteiger partial charge on any atom is -0.480 e. The molecule has 1 aliphatic carbocycles. The van der Waals surface area contributed by atoms with E-state index in [9.17, 15) is 23.5 Å². The van der Waals surface area contributed by atoms with E-state index in [-0.39, 0.29) is 11.5 Å². The molecule has 0 radical (unpaired) electrons. The number of nitrogens with one attached hydrogen (secondary N) is 1. The lowest BCUT2D eigenvalue weighted by Crippen LogP contribution is -2.46. The summed E-state index contributed by atoms with van der Waals surface area (Å²) in [7, 11) is 0. The van der Waals surface area contributed by atoms with Crippen molar-refractivity contribution < 1.29 is 23.5 Å². The molecule has 6 heteroatoms. The Morgan fingerprint density at radius 2 is 1.67 bits per heavy atom. The maximum atomic E-state index is 13.1. The largest absolute Gasteiger partial charge is 0.480 e. The summed E-state index contributed by atoms with van der Waals surface area (Å²) < 4.78 is 26.2. The lowest BCUT2D eigenvalue weighted by atomic mass is 9.84. The van der Waals surface area contributed by atoms with Gasteiger partial charge in [0.15, 0.2) is 0 Å². The van der Waals surface area contributed by atoms with E-state index in [0.29, 0.717) is 6.07 Å². The van der Waals surface area contributed by atoms with E-state index in [0.717, 1.165) is 44.2 Å². The highest BCUT2D eigenvalue weighted by Crippen LogP contribution is 2.27. The molecule has 0 heterocycles. The van der Waals surface area contributed by atoms with Gasteiger partial charge in [0.05, 0.1) is 0 Å². The summed E-state index contributed by atoms with van der Waals surface area (Å²) >= 11 is 0. The van der Waals surface area contributed by atoms with Crippen molar-refractivity contribution in [1.29, 1.82) is 0 Å². The van der Waals surface area contributed by atoms with Crippen molar-refractivity contribution in [3.05, 3.63) is 35.4 Å². The van der Waals surface area contributed by atoms with Gasteiger partial charge in [-0.05, 0) is 30.9 Å². The van der Waals surface area contributed by atoms with Gasteiger partial charge in [-0.3, -0.25) is 4.79 Å². The van der Waals surface area contributed by atoms with Gasteiger partial charge in [0.1, 0.15) is 17.7 Å². The topological polar surface area (TPSA) is 66.4 Å². The van der Waals surface area contributed by atoms with Crippen molar-refractivity contribution in [2.24, 2.45) is 5.92 Å². The van der Waals surface area contributed by atoms with Crippen LogP contribution in [0.5, 0.6) is 0 Å². The monoisotopic (exact) mass is 297 g/mol. The fraction of sp³-hybridized carbons (Fsp3) is 0.467. The summed E-state index contributed by atoms with van der Waals surface area (Å²) in [5.74, 6) is -3.77. The molecule has 0 unspecified atom stereocenters. The highest BCUT2D eigenvalue weighted by Gasteiger charge is 2.31. The molecule has 0 aliphatic heterocycles. The number of amides is 1. The first-order chi connectivity index (χ1) is 9.97. The Hall–Kier alpha value is -1.98. The molecule has 1 amide bonds. The first-order valence-corrected chi connectivity index (χ1v) is 6.97. The van der Waals surface area contributed by atoms with E-state index in [1.807, 2.05) is 0 Å². The third-order valence-corrected chi connectivity index (χ3v) is 3.80. The molecule has 2 N–H and O–H groups in total. The Bertz CT molecular complexity index is 521. The van der Waals surface area contributed by atoms with Crippen LogP contribution in [-0.2, 0) is 4.79 Å². The molecule has 0 saturated heterocycles. The van der Waals surface area contributed by atoms with Crippen LogP contribution in [0.25, 0.3) is 0 Å². The number of rotatable bonds is 4. The highest BCUT2D eigenvalue weighted by atomic mass is 19.1. The van der Waals surface area contributed by atoms with Crippen LogP contribution in [-0.4, -0.2) is 23.0 Å².